The topological polar surface area (TPSA) is 28.2 Å². The first-order valence-corrected chi connectivity index (χ1v) is 7.52. The van der Waals surface area contributed by atoms with Gasteiger partial charge in [-0.25, -0.2) is 4.98 Å². The Morgan fingerprint density at radius 1 is 1.37 bits per heavy atom. The largest absolute Gasteiger partial charge is 0.356 e. The molecule has 1 N–H and O–H groups in total. The molecule has 3 nitrogen and oxygen atoms in total. The second-order valence-electron chi connectivity index (χ2n) is 5.80. The first-order chi connectivity index (χ1) is 9.15. The molecule has 0 spiro atoms. The van der Waals surface area contributed by atoms with Gasteiger partial charge in [0, 0.05) is 30.9 Å². The number of rotatable bonds is 7. The Hall–Kier alpha value is -1.09. The van der Waals surface area contributed by atoms with E-state index in [1.807, 2.05) is 7.05 Å². The highest BCUT2D eigenvalue weighted by atomic mass is 15.2. The normalized spacial score (nSPS) is 14.7. The summed E-state index contributed by atoms with van der Waals surface area (Å²) < 4.78 is 0. The Bertz CT molecular complexity index is 424. The molecule has 0 aromatic carbocycles. The zero-order valence-electron chi connectivity index (χ0n) is 12.8. The summed E-state index contributed by atoms with van der Waals surface area (Å²) in [6.07, 6.45) is 3.97. The number of pyridine rings is 1. The number of anilines is 1. The molecule has 0 bridgehead atoms. The van der Waals surface area contributed by atoms with Gasteiger partial charge in [-0.05, 0) is 57.7 Å². The molecule has 1 aromatic rings. The predicted octanol–water partition coefficient (Wildman–Crippen LogP) is 3.04. The summed E-state index contributed by atoms with van der Waals surface area (Å²) in [7, 11) is 2.01. The van der Waals surface area contributed by atoms with Crippen molar-refractivity contribution in [2.45, 2.75) is 46.6 Å². The van der Waals surface area contributed by atoms with Crippen LogP contribution < -0.4 is 10.2 Å². The molecule has 1 fully saturated rings. The van der Waals surface area contributed by atoms with Crippen LogP contribution in [0.4, 0.5) is 5.82 Å². The summed E-state index contributed by atoms with van der Waals surface area (Å²) in [6.45, 7) is 9.75. The first-order valence-electron chi connectivity index (χ1n) is 7.52. The van der Waals surface area contributed by atoms with E-state index in [9.17, 15) is 0 Å². The van der Waals surface area contributed by atoms with E-state index >= 15 is 0 Å². The lowest BCUT2D eigenvalue weighted by Gasteiger charge is -2.27. The van der Waals surface area contributed by atoms with Crippen molar-refractivity contribution in [2.75, 3.05) is 25.0 Å². The van der Waals surface area contributed by atoms with E-state index in [0.717, 1.165) is 24.7 Å². The van der Waals surface area contributed by atoms with Crippen LogP contribution in [0.25, 0.3) is 0 Å². The van der Waals surface area contributed by atoms with Gasteiger partial charge in [0.15, 0.2) is 0 Å². The third-order valence-corrected chi connectivity index (χ3v) is 3.78. The summed E-state index contributed by atoms with van der Waals surface area (Å²) in [4.78, 5) is 7.34. The molecular weight excluding hydrogens is 234 g/mol. The number of aromatic nitrogens is 1. The Balaban J connectivity index is 2.31. The average Bonchev–Trinajstić information content (AvgIpc) is 3.16. The lowest BCUT2D eigenvalue weighted by Crippen LogP contribution is -2.29. The molecule has 19 heavy (non-hydrogen) atoms. The number of hydrogen-bond donors (Lipinski definition) is 1. The minimum absolute atomic E-state index is 0.900. The van der Waals surface area contributed by atoms with E-state index in [2.05, 4.69) is 37.1 Å². The van der Waals surface area contributed by atoms with Crippen LogP contribution in [-0.2, 0) is 6.54 Å². The molecule has 1 heterocycles. The van der Waals surface area contributed by atoms with Gasteiger partial charge in [0.05, 0.1) is 0 Å². The molecule has 3 heteroatoms. The zero-order chi connectivity index (χ0) is 13.8. The molecule has 1 aliphatic rings. The number of hydrogen-bond acceptors (Lipinski definition) is 3. The van der Waals surface area contributed by atoms with Crippen LogP contribution >= 0.6 is 0 Å². The van der Waals surface area contributed by atoms with Gasteiger partial charge >= 0.3 is 0 Å². The smallest absolute Gasteiger partial charge is 0.133 e. The van der Waals surface area contributed by atoms with Gasteiger partial charge in [-0.3, -0.25) is 0 Å². The molecule has 0 amide bonds. The summed E-state index contributed by atoms with van der Waals surface area (Å²) in [5.74, 6) is 2.11. The van der Waals surface area contributed by atoms with Gasteiger partial charge in [0.25, 0.3) is 0 Å². The Morgan fingerprint density at radius 2 is 2.11 bits per heavy atom. The second-order valence-corrected chi connectivity index (χ2v) is 5.80. The predicted molar refractivity (Wildman–Crippen MR) is 81.7 cm³/mol. The fraction of sp³-hybridized carbons (Fsp3) is 0.688. The number of nitrogens with one attached hydrogen (secondary N) is 1. The number of nitrogens with zero attached hydrogens (tertiary/aromatic N) is 2. The molecule has 1 aliphatic carbocycles. The van der Waals surface area contributed by atoms with Gasteiger partial charge in [0.1, 0.15) is 5.82 Å². The highest BCUT2D eigenvalue weighted by Crippen LogP contribution is 2.32. The van der Waals surface area contributed by atoms with Crippen molar-refractivity contribution in [3.05, 3.63) is 22.9 Å². The summed E-state index contributed by atoms with van der Waals surface area (Å²) in [5.41, 5.74) is 3.85. The van der Waals surface area contributed by atoms with Crippen LogP contribution in [0, 0.1) is 19.8 Å². The second kappa shape index (κ2) is 6.38. The number of aryl methyl sites for hydroxylation is 2. The summed E-state index contributed by atoms with van der Waals surface area (Å²) in [6, 6.07) is 2.19. The van der Waals surface area contributed by atoms with Gasteiger partial charge in [-0.1, -0.05) is 6.92 Å². The van der Waals surface area contributed by atoms with Crippen molar-refractivity contribution in [1.82, 2.24) is 10.3 Å². The molecule has 0 saturated heterocycles. The molecule has 0 unspecified atom stereocenters. The van der Waals surface area contributed by atoms with Crippen LogP contribution in [-0.4, -0.2) is 25.1 Å². The quantitative estimate of drug-likeness (QED) is 0.817. The van der Waals surface area contributed by atoms with Crippen LogP contribution in [0.3, 0.4) is 0 Å². The van der Waals surface area contributed by atoms with Gasteiger partial charge in [-0.2, -0.15) is 0 Å². The van der Waals surface area contributed by atoms with Crippen LogP contribution in [0.5, 0.6) is 0 Å². The summed E-state index contributed by atoms with van der Waals surface area (Å²) in [5, 5.41) is 3.28. The first kappa shape index (κ1) is 14.3. The minimum Gasteiger partial charge on any atom is -0.356 e. The monoisotopic (exact) mass is 261 g/mol. The molecule has 2 rings (SSSR count). The maximum atomic E-state index is 4.84. The van der Waals surface area contributed by atoms with Crippen LogP contribution in [0.1, 0.15) is 43.0 Å². The fourth-order valence-corrected chi connectivity index (χ4v) is 2.67. The van der Waals surface area contributed by atoms with Gasteiger partial charge in [0.2, 0.25) is 0 Å². The van der Waals surface area contributed by atoms with Crippen LogP contribution in [0.2, 0.25) is 0 Å². The minimum atomic E-state index is 0.900. The van der Waals surface area contributed by atoms with E-state index < -0.39 is 0 Å². The Morgan fingerprint density at radius 3 is 2.68 bits per heavy atom. The van der Waals surface area contributed by atoms with Crippen LogP contribution in [0.15, 0.2) is 6.07 Å². The Labute approximate surface area is 117 Å². The van der Waals surface area contributed by atoms with E-state index in [-0.39, 0.29) is 0 Å². The maximum absolute atomic E-state index is 4.84. The molecule has 0 radical (unpaired) electrons. The fourth-order valence-electron chi connectivity index (χ4n) is 2.67. The van der Waals surface area contributed by atoms with Gasteiger partial charge in [-0.15, -0.1) is 0 Å². The molecule has 0 atom stereocenters. The van der Waals surface area contributed by atoms with Crippen molar-refractivity contribution in [3.63, 3.8) is 0 Å². The van der Waals surface area contributed by atoms with Gasteiger partial charge < -0.3 is 10.2 Å². The molecule has 106 valence electrons. The van der Waals surface area contributed by atoms with E-state index in [1.165, 1.54) is 42.8 Å². The highest BCUT2D eigenvalue weighted by molar-refractivity contribution is 5.51. The lowest BCUT2D eigenvalue weighted by molar-refractivity contribution is 0.686. The third kappa shape index (κ3) is 3.69. The molecule has 1 saturated carbocycles. The van der Waals surface area contributed by atoms with Crippen molar-refractivity contribution in [3.8, 4) is 0 Å². The molecule has 1 aromatic heterocycles. The van der Waals surface area contributed by atoms with Crippen molar-refractivity contribution >= 4 is 5.82 Å². The zero-order valence-corrected chi connectivity index (χ0v) is 12.8. The van der Waals surface area contributed by atoms with Crippen molar-refractivity contribution < 1.29 is 0 Å². The Kier molecular flexibility index (Phi) is 4.81. The summed E-state index contributed by atoms with van der Waals surface area (Å²) >= 11 is 0. The molecular formula is C16H27N3. The average molecular weight is 261 g/mol. The van der Waals surface area contributed by atoms with Crippen molar-refractivity contribution in [1.29, 1.82) is 0 Å². The molecule has 0 aliphatic heterocycles. The highest BCUT2D eigenvalue weighted by Gasteiger charge is 2.26. The van der Waals surface area contributed by atoms with E-state index in [0.29, 0.717) is 0 Å². The van der Waals surface area contributed by atoms with E-state index in [4.69, 9.17) is 4.98 Å². The standard InChI is InChI=1S/C16H27N3/c1-5-8-19(11-14-6-7-14)16-15(10-17-4)12(2)9-13(3)18-16/h9,14,17H,5-8,10-11H2,1-4H3. The lowest BCUT2D eigenvalue weighted by atomic mass is 10.1. The SMILES string of the molecule is CCCN(CC1CC1)c1nc(C)cc(C)c1CNC. The maximum Gasteiger partial charge on any atom is 0.133 e. The third-order valence-electron chi connectivity index (χ3n) is 3.78. The van der Waals surface area contributed by atoms with Crippen molar-refractivity contribution in [2.24, 2.45) is 5.92 Å². The van der Waals surface area contributed by atoms with E-state index in [1.54, 1.807) is 0 Å².